The van der Waals surface area contributed by atoms with Crippen LogP contribution in [0.4, 0.5) is 16.2 Å². The number of nitrogens with zero attached hydrogens (tertiary/aromatic N) is 2. The molecule has 2 amide bonds. The molecule has 216 valence electrons. The number of carbonyl (C=O) groups excluding carboxylic acids is 2. The van der Waals surface area contributed by atoms with Crippen LogP contribution in [-0.4, -0.2) is 44.8 Å². The van der Waals surface area contributed by atoms with Crippen LogP contribution in [0.25, 0.3) is 11.1 Å². The fourth-order valence-corrected chi connectivity index (χ4v) is 4.89. The minimum atomic E-state index is -3.90. The maximum absolute atomic E-state index is 12.8. The van der Waals surface area contributed by atoms with Gasteiger partial charge in [-0.25, -0.2) is 18.4 Å². The molecule has 1 heterocycles. The second kappa shape index (κ2) is 13.1. The number of sulfonamides is 1. The average molecular weight is 587 g/mol. The number of nitrogens with two attached hydrogens (primary N) is 1. The zero-order valence-electron chi connectivity index (χ0n) is 22.9. The topological polar surface area (TPSA) is 168 Å². The van der Waals surface area contributed by atoms with Gasteiger partial charge in [0.15, 0.2) is 0 Å². The number of alkyl carbamates (subject to hydrolysis) is 1. The summed E-state index contributed by atoms with van der Waals surface area (Å²) < 4.78 is 29.2. The highest BCUT2D eigenvalue weighted by Crippen LogP contribution is 2.27. The van der Waals surface area contributed by atoms with E-state index in [0.29, 0.717) is 33.8 Å². The number of ether oxygens (including phenoxy) is 1. The van der Waals surface area contributed by atoms with Gasteiger partial charge in [-0.3, -0.25) is 20.5 Å². The van der Waals surface area contributed by atoms with Gasteiger partial charge in [-0.1, -0.05) is 48.5 Å². The monoisotopic (exact) mass is 586 g/mol. The Balaban J connectivity index is 1.34. The third-order valence-electron chi connectivity index (χ3n) is 6.24. The molecular weight excluding hydrogens is 556 g/mol. The van der Waals surface area contributed by atoms with E-state index in [-0.39, 0.29) is 23.2 Å². The number of amides is 2. The Morgan fingerprint density at radius 1 is 1.00 bits per heavy atom. The molecule has 0 aliphatic heterocycles. The molecule has 0 saturated heterocycles. The van der Waals surface area contributed by atoms with Crippen molar-refractivity contribution in [2.45, 2.75) is 17.9 Å². The molecule has 0 spiro atoms. The van der Waals surface area contributed by atoms with E-state index in [0.717, 1.165) is 0 Å². The lowest BCUT2D eigenvalue weighted by atomic mass is 10.1. The van der Waals surface area contributed by atoms with Crippen molar-refractivity contribution in [3.63, 3.8) is 0 Å². The highest BCUT2D eigenvalue weighted by molar-refractivity contribution is 7.89. The van der Waals surface area contributed by atoms with E-state index in [1.807, 2.05) is 0 Å². The van der Waals surface area contributed by atoms with Crippen molar-refractivity contribution in [3.8, 4) is 11.1 Å². The first-order valence-corrected chi connectivity index (χ1v) is 14.4. The van der Waals surface area contributed by atoms with Gasteiger partial charge in [0.25, 0.3) is 0 Å². The van der Waals surface area contributed by atoms with Gasteiger partial charge in [0.1, 0.15) is 11.9 Å². The minimum absolute atomic E-state index is 0.00382. The predicted molar refractivity (Wildman–Crippen MR) is 161 cm³/mol. The Hall–Kier alpha value is -5.07. The normalized spacial score (nSPS) is 11.7. The van der Waals surface area contributed by atoms with Crippen LogP contribution in [0.3, 0.4) is 0 Å². The maximum Gasteiger partial charge on any atom is 0.413 e. The van der Waals surface area contributed by atoms with E-state index in [1.54, 1.807) is 110 Å². The van der Waals surface area contributed by atoms with E-state index in [4.69, 9.17) is 15.3 Å². The fraction of sp³-hybridized carbons (Fsp3) is 0.133. The first-order chi connectivity index (χ1) is 20.0. The predicted octanol–water partition coefficient (Wildman–Crippen LogP) is 4.28. The first-order valence-electron chi connectivity index (χ1n) is 12.8. The van der Waals surface area contributed by atoms with Gasteiger partial charge in [0, 0.05) is 35.7 Å². The number of likely N-dealkylation sites (N-methyl/N-ethyl adjacent to an activating group) is 1. The number of benzene rings is 3. The number of amidine groups is 1. The first kappa shape index (κ1) is 29.9. The molecule has 0 fully saturated rings. The summed E-state index contributed by atoms with van der Waals surface area (Å²) in [5.74, 6) is -0.446. The number of pyridine rings is 1. The van der Waals surface area contributed by atoms with Crippen LogP contribution in [0, 0.1) is 5.41 Å². The number of anilines is 2. The summed E-state index contributed by atoms with van der Waals surface area (Å²) in [4.78, 5) is 30.9. The zero-order chi connectivity index (χ0) is 30.3. The van der Waals surface area contributed by atoms with Gasteiger partial charge < -0.3 is 15.0 Å². The third-order valence-corrected chi connectivity index (χ3v) is 7.21. The average Bonchev–Trinajstić information content (AvgIpc) is 2.97. The molecule has 0 aliphatic rings. The van der Waals surface area contributed by atoms with Crippen LogP contribution < -0.4 is 20.7 Å². The summed E-state index contributed by atoms with van der Waals surface area (Å²) in [6.45, 7) is 1.69. The molecule has 0 bridgehead atoms. The van der Waals surface area contributed by atoms with Crippen LogP contribution in [-0.2, 0) is 19.6 Å². The van der Waals surface area contributed by atoms with Crippen molar-refractivity contribution < 1.29 is 22.7 Å². The number of carbonyl (C=O) groups is 2. The van der Waals surface area contributed by atoms with E-state index >= 15 is 0 Å². The molecule has 1 unspecified atom stereocenters. The Morgan fingerprint density at radius 3 is 2.40 bits per heavy atom. The molecule has 5 N–H and O–H groups in total. The minimum Gasteiger partial charge on any atom is -0.440 e. The molecule has 0 aliphatic carbocycles. The Morgan fingerprint density at radius 2 is 1.71 bits per heavy atom. The molecule has 11 nitrogen and oxygen atoms in total. The van der Waals surface area contributed by atoms with E-state index in [1.165, 1.54) is 6.07 Å². The molecule has 42 heavy (non-hydrogen) atoms. The number of aromatic nitrogens is 1. The van der Waals surface area contributed by atoms with Crippen LogP contribution >= 0.6 is 0 Å². The zero-order valence-corrected chi connectivity index (χ0v) is 23.8. The van der Waals surface area contributed by atoms with Crippen molar-refractivity contribution in [2.24, 2.45) is 5.14 Å². The summed E-state index contributed by atoms with van der Waals surface area (Å²) in [6.07, 6.45) is 0.229. The van der Waals surface area contributed by atoms with Gasteiger partial charge in [-0.05, 0) is 55.0 Å². The van der Waals surface area contributed by atoms with Crippen molar-refractivity contribution in [1.29, 1.82) is 5.41 Å². The van der Waals surface area contributed by atoms with Gasteiger partial charge in [0.2, 0.25) is 15.9 Å². The van der Waals surface area contributed by atoms with Crippen LogP contribution in [0.15, 0.2) is 102 Å². The summed E-state index contributed by atoms with van der Waals surface area (Å²) in [6, 6.07) is 25.3. The van der Waals surface area contributed by atoms with Gasteiger partial charge in [0.05, 0.1) is 17.1 Å². The number of hydrogen-bond donors (Lipinski definition) is 4. The quantitative estimate of drug-likeness (QED) is 0.168. The molecule has 3 aromatic carbocycles. The maximum atomic E-state index is 12.8. The standard InChI is InChI=1S/C30H30N6O5S/c1-20(26-11-5-6-17-33-26)41-30(38)35-29(31)22-8-7-9-24(18-22)36(2)19-28(37)34-23-15-13-21(14-16-23)25-10-3-4-12-27(25)42(32,39)40/h3-18,20H,19H2,1-2H3,(H,34,37)(H2,31,35,38)(H2,32,39,40). The lowest BCUT2D eigenvalue weighted by Gasteiger charge is -2.20. The fourth-order valence-electron chi connectivity index (χ4n) is 4.13. The van der Waals surface area contributed by atoms with Crippen LogP contribution in [0.5, 0.6) is 0 Å². The molecule has 4 aromatic rings. The Kier molecular flexibility index (Phi) is 9.30. The van der Waals surface area contributed by atoms with Gasteiger partial charge in [-0.2, -0.15) is 0 Å². The highest BCUT2D eigenvalue weighted by atomic mass is 32.2. The summed E-state index contributed by atoms with van der Waals surface area (Å²) in [7, 11) is -2.17. The number of hydrogen-bond acceptors (Lipinski definition) is 8. The van der Waals surface area contributed by atoms with Gasteiger partial charge in [-0.15, -0.1) is 0 Å². The van der Waals surface area contributed by atoms with E-state index in [9.17, 15) is 18.0 Å². The molecule has 1 aromatic heterocycles. The van der Waals surface area contributed by atoms with Crippen molar-refractivity contribution >= 4 is 39.2 Å². The molecule has 0 saturated carbocycles. The molecule has 12 heteroatoms. The summed E-state index contributed by atoms with van der Waals surface area (Å²) in [5, 5.41) is 18.9. The number of rotatable bonds is 9. The smallest absolute Gasteiger partial charge is 0.413 e. The third kappa shape index (κ3) is 7.77. The Labute approximate surface area is 243 Å². The summed E-state index contributed by atoms with van der Waals surface area (Å²) >= 11 is 0. The molecule has 0 radical (unpaired) electrons. The SMILES string of the molecule is CC(OC(=O)NC(=N)c1cccc(N(C)CC(=O)Nc2ccc(-c3ccccc3S(N)(=O)=O)cc2)c1)c1ccccn1. The van der Waals surface area contributed by atoms with E-state index in [2.05, 4.69) is 15.6 Å². The van der Waals surface area contributed by atoms with Crippen LogP contribution in [0.2, 0.25) is 0 Å². The van der Waals surface area contributed by atoms with Crippen molar-refractivity contribution in [3.05, 3.63) is 108 Å². The lowest BCUT2D eigenvalue weighted by molar-refractivity contribution is -0.114. The van der Waals surface area contributed by atoms with Crippen molar-refractivity contribution in [1.82, 2.24) is 10.3 Å². The molecule has 4 rings (SSSR count). The van der Waals surface area contributed by atoms with Crippen molar-refractivity contribution in [2.75, 3.05) is 23.8 Å². The lowest BCUT2D eigenvalue weighted by Crippen LogP contribution is -2.32. The highest BCUT2D eigenvalue weighted by Gasteiger charge is 2.17. The number of nitrogens with one attached hydrogen (secondary N) is 3. The largest absolute Gasteiger partial charge is 0.440 e. The Bertz CT molecular complexity index is 1700. The van der Waals surface area contributed by atoms with Crippen LogP contribution in [0.1, 0.15) is 24.3 Å². The van der Waals surface area contributed by atoms with E-state index < -0.39 is 22.2 Å². The number of primary sulfonamides is 1. The second-order valence-electron chi connectivity index (χ2n) is 9.38. The van der Waals surface area contributed by atoms with Gasteiger partial charge >= 0.3 is 6.09 Å². The molecule has 1 atom stereocenters. The molecular formula is C30H30N6O5S. The second-order valence-corrected chi connectivity index (χ2v) is 10.9. The summed E-state index contributed by atoms with van der Waals surface area (Å²) in [5.41, 5.74) is 3.30.